The summed E-state index contributed by atoms with van der Waals surface area (Å²) in [6.45, 7) is 4.06. The van der Waals surface area contributed by atoms with Crippen LogP contribution >= 0.6 is 0 Å². The van der Waals surface area contributed by atoms with Crippen LogP contribution in [-0.4, -0.2) is 17.8 Å². The van der Waals surface area contributed by atoms with Crippen LogP contribution in [0.5, 0.6) is 0 Å². The Morgan fingerprint density at radius 2 is 1.74 bits per heavy atom. The van der Waals surface area contributed by atoms with Gasteiger partial charge in [0.1, 0.15) is 5.69 Å². The number of hydrogen-bond donors (Lipinski definition) is 0. The first-order valence-electron chi connectivity index (χ1n) is 7.50. The number of hydrogen-bond acceptors (Lipinski definition) is 4. The molecule has 0 bridgehead atoms. The second-order valence-corrected chi connectivity index (χ2v) is 5.54. The van der Waals surface area contributed by atoms with Gasteiger partial charge < -0.3 is 4.90 Å². The second-order valence-electron chi connectivity index (χ2n) is 5.54. The monoisotopic (exact) mass is 312 g/mol. The standard InChI is InChI=1S/C18H20N2O3/c1-4-14-5-7-15(8-6-14)12-19(3)17-10-9-16(13(2)21)11-18(17)20(22)23/h5-11H,4,12H2,1-3H3. The van der Waals surface area contributed by atoms with Crippen molar-refractivity contribution in [2.24, 2.45) is 0 Å². The van der Waals surface area contributed by atoms with Crippen LogP contribution in [-0.2, 0) is 13.0 Å². The van der Waals surface area contributed by atoms with Gasteiger partial charge in [-0.2, -0.15) is 0 Å². The minimum atomic E-state index is -0.446. The van der Waals surface area contributed by atoms with Crippen LogP contribution in [0.15, 0.2) is 42.5 Å². The number of nitrogens with zero attached hydrogens (tertiary/aromatic N) is 2. The van der Waals surface area contributed by atoms with Gasteiger partial charge >= 0.3 is 0 Å². The number of rotatable bonds is 6. The van der Waals surface area contributed by atoms with E-state index in [0.717, 1.165) is 12.0 Å². The first kappa shape index (κ1) is 16.7. The zero-order valence-electron chi connectivity index (χ0n) is 13.6. The number of carbonyl (C=O) groups is 1. The van der Waals surface area contributed by atoms with Gasteiger partial charge in [-0.25, -0.2) is 0 Å². The van der Waals surface area contributed by atoms with Crippen LogP contribution in [0.25, 0.3) is 0 Å². The second kappa shape index (κ2) is 7.05. The van der Waals surface area contributed by atoms with Crippen LogP contribution in [0.2, 0.25) is 0 Å². The van der Waals surface area contributed by atoms with Crippen LogP contribution in [0.4, 0.5) is 11.4 Å². The van der Waals surface area contributed by atoms with E-state index in [1.807, 2.05) is 24.1 Å². The average Bonchev–Trinajstić information content (AvgIpc) is 2.54. The highest BCUT2D eigenvalue weighted by Crippen LogP contribution is 2.29. The molecule has 0 aliphatic carbocycles. The molecule has 23 heavy (non-hydrogen) atoms. The molecule has 5 nitrogen and oxygen atoms in total. The van der Waals surface area contributed by atoms with Crippen LogP contribution < -0.4 is 4.90 Å². The molecule has 0 unspecified atom stereocenters. The molecule has 0 aliphatic heterocycles. The van der Waals surface area contributed by atoms with Gasteiger partial charge in [0.25, 0.3) is 5.69 Å². The van der Waals surface area contributed by atoms with Gasteiger partial charge in [0.05, 0.1) is 4.92 Å². The highest BCUT2D eigenvalue weighted by Gasteiger charge is 2.19. The van der Waals surface area contributed by atoms with Crippen molar-refractivity contribution in [3.63, 3.8) is 0 Å². The molecule has 0 amide bonds. The van der Waals surface area contributed by atoms with Crippen molar-refractivity contribution >= 4 is 17.2 Å². The number of benzene rings is 2. The quantitative estimate of drug-likeness (QED) is 0.459. The Bertz CT molecular complexity index is 724. The van der Waals surface area contributed by atoms with Gasteiger partial charge in [0.15, 0.2) is 5.78 Å². The van der Waals surface area contributed by atoms with Crippen molar-refractivity contribution in [1.82, 2.24) is 0 Å². The number of carbonyl (C=O) groups excluding carboxylic acids is 1. The maximum Gasteiger partial charge on any atom is 0.293 e. The number of nitro benzene ring substituents is 1. The first-order chi connectivity index (χ1) is 10.9. The van der Waals surface area contributed by atoms with E-state index >= 15 is 0 Å². The lowest BCUT2D eigenvalue weighted by molar-refractivity contribution is -0.384. The van der Waals surface area contributed by atoms with Gasteiger partial charge in [-0.15, -0.1) is 0 Å². The third-order valence-electron chi connectivity index (χ3n) is 3.84. The number of Topliss-reactive ketones (excluding diaryl/α,β-unsaturated/α-hetero) is 1. The summed E-state index contributed by atoms with van der Waals surface area (Å²) in [6, 6.07) is 12.8. The fourth-order valence-electron chi connectivity index (χ4n) is 2.45. The summed E-state index contributed by atoms with van der Waals surface area (Å²) >= 11 is 0. The molecular formula is C18H20N2O3. The van der Waals surface area contributed by atoms with Gasteiger partial charge in [0.2, 0.25) is 0 Å². The van der Waals surface area contributed by atoms with E-state index in [1.165, 1.54) is 18.6 Å². The Kier molecular flexibility index (Phi) is 5.11. The Hall–Kier alpha value is -2.69. The third-order valence-corrected chi connectivity index (χ3v) is 3.84. The maximum atomic E-state index is 11.4. The van der Waals surface area contributed by atoms with Gasteiger partial charge in [-0.1, -0.05) is 31.2 Å². The average molecular weight is 312 g/mol. The van der Waals surface area contributed by atoms with Crippen LogP contribution in [0.1, 0.15) is 35.3 Å². The van der Waals surface area contributed by atoms with Crippen LogP contribution in [0, 0.1) is 10.1 Å². The summed E-state index contributed by atoms with van der Waals surface area (Å²) in [7, 11) is 1.81. The van der Waals surface area contributed by atoms with E-state index in [9.17, 15) is 14.9 Å². The van der Waals surface area contributed by atoms with E-state index in [4.69, 9.17) is 0 Å². The summed E-state index contributed by atoms with van der Waals surface area (Å²) in [5.41, 5.74) is 3.13. The van der Waals surface area contributed by atoms with Crippen molar-refractivity contribution in [3.8, 4) is 0 Å². The zero-order valence-corrected chi connectivity index (χ0v) is 13.6. The molecule has 2 aromatic carbocycles. The molecule has 0 N–H and O–H groups in total. The molecule has 0 radical (unpaired) electrons. The normalized spacial score (nSPS) is 10.4. The van der Waals surface area contributed by atoms with E-state index < -0.39 is 4.92 Å². The molecule has 5 heteroatoms. The van der Waals surface area contributed by atoms with Crippen LogP contribution in [0.3, 0.4) is 0 Å². The largest absolute Gasteiger partial charge is 0.365 e. The van der Waals surface area contributed by atoms with Crippen molar-refractivity contribution in [2.45, 2.75) is 26.8 Å². The zero-order chi connectivity index (χ0) is 17.0. The lowest BCUT2D eigenvalue weighted by Gasteiger charge is -2.19. The molecule has 0 spiro atoms. The fraction of sp³-hybridized carbons (Fsp3) is 0.278. The topological polar surface area (TPSA) is 63.5 Å². The summed E-state index contributed by atoms with van der Waals surface area (Å²) in [5.74, 6) is -0.183. The molecule has 0 saturated heterocycles. The number of nitro groups is 1. The fourth-order valence-corrected chi connectivity index (χ4v) is 2.45. The predicted octanol–water partition coefficient (Wildman–Crippen LogP) is 4.00. The van der Waals surface area contributed by atoms with Crippen molar-refractivity contribution in [1.29, 1.82) is 0 Å². The molecule has 0 fully saturated rings. The van der Waals surface area contributed by atoms with Gasteiger partial charge in [-0.3, -0.25) is 14.9 Å². The SMILES string of the molecule is CCc1ccc(CN(C)c2ccc(C(C)=O)cc2[N+](=O)[O-])cc1. The van der Waals surface area contributed by atoms with Crippen molar-refractivity contribution in [2.75, 3.05) is 11.9 Å². The highest BCUT2D eigenvalue weighted by atomic mass is 16.6. The smallest absolute Gasteiger partial charge is 0.293 e. The summed E-state index contributed by atoms with van der Waals surface area (Å²) in [4.78, 5) is 24.1. The molecule has 0 aliphatic rings. The molecule has 2 aromatic rings. The summed E-state index contributed by atoms with van der Waals surface area (Å²) < 4.78 is 0. The van der Waals surface area contributed by atoms with E-state index in [2.05, 4.69) is 19.1 Å². The van der Waals surface area contributed by atoms with Gasteiger partial charge in [-0.05, 0) is 36.6 Å². The Morgan fingerprint density at radius 3 is 2.26 bits per heavy atom. The number of aryl methyl sites for hydroxylation is 1. The third kappa shape index (κ3) is 3.94. The lowest BCUT2D eigenvalue weighted by Crippen LogP contribution is -2.18. The number of ketones is 1. The summed E-state index contributed by atoms with van der Waals surface area (Å²) in [5, 5.41) is 11.3. The Labute approximate surface area is 135 Å². The molecular weight excluding hydrogens is 292 g/mol. The molecule has 120 valence electrons. The minimum absolute atomic E-state index is 0.0506. The maximum absolute atomic E-state index is 11.4. The first-order valence-corrected chi connectivity index (χ1v) is 7.50. The lowest BCUT2D eigenvalue weighted by atomic mass is 10.1. The molecule has 0 saturated carbocycles. The molecule has 0 aromatic heterocycles. The van der Waals surface area contributed by atoms with Crippen molar-refractivity contribution in [3.05, 3.63) is 69.3 Å². The predicted molar refractivity (Wildman–Crippen MR) is 91.0 cm³/mol. The van der Waals surface area contributed by atoms with E-state index in [1.54, 1.807) is 12.1 Å². The van der Waals surface area contributed by atoms with E-state index in [-0.39, 0.29) is 11.5 Å². The van der Waals surface area contributed by atoms with Crippen molar-refractivity contribution < 1.29 is 9.72 Å². The Balaban J connectivity index is 2.28. The highest BCUT2D eigenvalue weighted by molar-refractivity contribution is 5.95. The number of anilines is 1. The molecule has 0 heterocycles. The van der Waals surface area contributed by atoms with E-state index in [0.29, 0.717) is 17.8 Å². The summed E-state index contributed by atoms with van der Waals surface area (Å²) in [6.07, 6.45) is 0.980. The molecule has 2 rings (SSSR count). The Morgan fingerprint density at radius 1 is 1.13 bits per heavy atom. The molecule has 0 atom stereocenters. The van der Waals surface area contributed by atoms with Gasteiger partial charge in [0, 0.05) is 25.2 Å². The minimum Gasteiger partial charge on any atom is -0.365 e.